The van der Waals surface area contributed by atoms with Gasteiger partial charge in [0.15, 0.2) is 0 Å². The van der Waals surface area contributed by atoms with Crippen LogP contribution in [0.3, 0.4) is 0 Å². The highest BCUT2D eigenvalue weighted by Crippen LogP contribution is 2.17. The third-order valence-corrected chi connectivity index (χ3v) is 1.85. The molecule has 0 spiro atoms. The maximum absolute atomic E-state index is 12.8. The fourth-order valence-electron chi connectivity index (χ4n) is 1.20. The van der Waals surface area contributed by atoms with E-state index in [0.717, 1.165) is 12.1 Å². The Labute approximate surface area is 75.6 Å². The molecule has 1 heterocycles. The molecule has 1 N–H and O–H groups in total. The minimum atomic E-state index is -0.689. The lowest BCUT2D eigenvalue weighted by Gasteiger charge is -1.90. The second-order valence-corrected chi connectivity index (χ2v) is 2.68. The van der Waals surface area contributed by atoms with Crippen molar-refractivity contribution in [1.29, 1.82) is 0 Å². The summed E-state index contributed by atoms with van der Waals surface area (Å²) in [5.74, 6) is 0. The van der Waals surface area contributed by atoms with Gasteiger partial charge in [-0.1, -0.05) is 4.48 Å². The van der Waals surface area contributed by atoms with Crippen LogP contribution >= 0.6 is 0 Å². The SMILES string of the molecule is O=c1[nH]n(F)c2ccc([N+](=O)[O-])cc12. The molecule has 2 rings (SSSR count). The summed E-state index contributed by atoms with van der Waals surface area (Å²) in [7, 11) is 0. The van der Waals surface area contributed by atoms with Crippen LogP contribution in [0.1, 0.15) is 0 Å². The van der Waals surface area contributed by atoms with Gasteiger partial charge < -0.3 is 0 Å². The predicted molar refractivity (Wildman–Crippen MR) is 45.7 cm³/mol. The molecule has 72 valence electrons. The third-order valence-electron chi connectivity index (χ3n) is 1.85. The Balaban J connectivity index is 2.84. The maximum Gasteiger partial charge on any atom is 0.274 e. The zero-order valence-corrected chi connectivity index (χ0v) is 6.73. The number of nitrogens with zero attached hydrogens (tertiary/aromatic N) is 2. The van der Waals surface area contributed by atoms with E-state index in [9.17, 15) is 19.4 Å². The molecule has 0 aliphatic heterocycles. The highest BCUT2D eigenvalue weighted by Gasteiger charge is 2.11. The second kappa shape index (κ2) is 2.66. The molecule has 7 heteroatoms. The second-order valence-electron chi connectivity index (χ2n) is 2.68. The van der Waals surface area contributed by atoms with Gasteiger partial charge in [-0.3, -0.25) is 14.9 Å². The molecule has 0 amide bonds. The summed E-state index contributed by atoms with van der Waals surface area (Å²) in [4.78, 5) is 20.8. The number of rotatable bonds is 1. The largest absolute Gasteiger partial charge is 0.274 e. The van der Waals surface area contributed by atoms with Gasteiger partial charge in [-0.25, -0.2) is 5.10 Å². The third kappa shape index (κ3) is 1.06. The Morgan fingerprint density at radius 2 is 2.21 bits per heavy atom. The van der Waals surface area contributed by atoms with Crippen molar-refractivity contribution in [2.45, 2.75) is 0 Å². The van der Waals surface area contributed by atoms with E-state index in [1.54, 1.807) is 0 Å². The Kier molecular flexibility index (Phi) is 1.60. The number of halogens is 1. The molecule has 6 nitrogen and oxygen atoms in total. The van der Waals surface area contributed by atoms with Crippen LogP contribution in [-0.2, 0) is 0 Å². The molecule has 0 fully saturated rings. The summed E-state index contributed by atoms with van der Waals surface area (Å²) in [6.45, 7) is 0. The van der Waals surface area contributed by atoms with Crippen LogP contribution < -0.4 is 5.56 Å². The topological polar surface area (TPSA) is 80.9 Å². The van der Waals surface area contributed by atoms with Crippen LogP contribution in [0.25, 0.3) is 10.9 Å². The molecule has 0 aliphatic carbocycles. The highest BCUT2D eigenvalue weighted by atomic mass is 19.2. The van der Waals surface area contributed by atoms with Crippen LogP contribution in [-0.4, -0.2) is 14.9 Å². The molecule has 0 radical (unpaired) electrons. The predicted octanol–water partition coefficient (Wildman–Crippen LogP) is 0.970. The average Bonchev–Trinajstić information content (AvgIpc) is 2.42. The van der Waals surface area contributed by atoms with E-state index in [4.69, 9.17) is 0 Å². The number of hydrogen-bond acceptors (Lipinski definition) is 3. The zero-order valence-electron chi connectivity index (χ0n) is 6.73. The minimum absolute atomic E-state index is 0.0133. The molecule has 1 aromatic carbocycles. The summed E-state index contributed by atoms with van der Waals surface area (Å²) < 4.78 is 12.8. The summed E-state index contributed by atoms with van der Waals surface area (Å²) in [6.07, 6.45) is 0. The number of benzene rings is 1. The van der Waals surface area contributed by atoms with E-state index < -0.39 is 10.5 Å². The van der Waals surface area contributed by atoms with Crippen LogP contribution in [0.15, 0.2) is 23.0 Å². The monoisotopic (exact) mass is 197 g/mol. The van der Waals surface area contributed by atoms with Crippen molar-refractivity contribution >= 4 is 16.6 Å². The van der Waals surface area contributed by atoms with Gasteiger partial charge in [0.2, 0.25) is 0 Å². The Hall–Kier alpha value is -2.18. The van der Waals surface area contributed by atoms with Crippen molar-refractivity contribution in [3.63, 3.8) is 0 Å². The Morgan fingerprint density at radius 1 is 1.50 bits per heavy atom. The van der Waals surface area contributed by atoms with Gasteiger partial charge in [0, 0.05) is 12.1 Å². The lowest BCUT2D eigenvalue weighted by atomic mass is 10.2. The van der Waals surface area contributed by atoms with Crippen molar-refractivity contribution in [3.8, 4) is 0 Å². The maximum atomic E-state index is 12.8. The van der Waals surface area contributed by atoms with Crippen molar-refractivity contribution < 1.29 is 9.40 Å². The molecule has 1 aromatic heterocycles. The van der Waals surface area contributed by atoms with E-state index in [1.807, 2.05) is 5.10 Å². The number of nitro benzene ring substituents is 1. The van der Waals surface area contributed by atoms with Crippen molar-refractivity contribution in [1.82, 2.24) is 10.0 Å². The Morgan fingerprint density at radius 3 is 2.86 bits per heavy atom. The number of fused-ring (bicyclic) bond motifs is 1. The number of nitro groups is 1. The molecule has 0 saturated heterocycles. The van der Waals surface area contributed by atoms with E-state index in [0.29, 0.717) is 0 Å². The van der Waals surface area contributed by atoms with Gasteiger partial charge in [-0.2, -0.15) is 0 Å². The van der Waals surface area contributed by atoms with Gasteiger partial charge in [-0.05, 0) is 6.07 Å². The lowest BCUT2D eigenvalue weighted by Crippen LogP contribution is -1.99. The number of aromatic nitrogens is 2. The number of H-pyrrole nitrogens is 1. The van der Waals surface area contributed by atoms with Crippen molar-refractivity contribution in [2.24, 2.45) is 0 Å². The number of non-ortho nitro benzene ring substituents is 1. The average molecular weight is 197 g/mol. The van der Waals surface area contributed by atoms with Crippen LogP contribution in [0, 0.1) is 10.1 Å². The first-order chi connectivity index (χ1) is 6.59. The first-order valence-corrected chi connectivity index (χ1v) is 3.65. The van der Waals surface area contributed by atoms with Gasteiger partial charge >= 0.3 is 0 Å². The lowest BCUT2D eigenvalue weighted by molar-refractivity contribution is -0.384. The summed E-state index contributed by atoms with van der Waals surface area (Å²) in [6, 6.07) is 3.33. The number of nitrogens with one attached hydrogen (secondary N) is 1. The van der Waals surface area contributed by atoms with Crippen LogP contribution in [0.4, 0.5) is 10.2 Å². The molecule has 14 heavy (non-hydrogen) atoms. The first-order valence-electron chi connectivity index (χ1n) is 3.65. The summed E-state index contributed by atoms with van der Waals surface area (Å²) >= 11 is 0. The molecule has 2 aromatic rings. The highest BCUT2D eigenvalue weighted by molar-refractivity contribution is 5.80. The van der Waals surface area contributed by atoms with Crippen LogP contribution in [0.5, 0.6) is 0 Å². The molecule has 0 bridgehead atoms. The fraction of sp³-hybridized carbons (Fsp3) is 0. The van der Waals surface area contributed by atoms with Gasteiger partial charge in [0.05, 0.1) is 10.3 Å². The quantitative estimate of drug-likeness (QED) is 0.546. The molecule has 0 saturated carbocycles. The Bertz CT molecular complexity index is 571. The van der Waals surface area contributed by atoms with Gasteiger partial charge in [0.1, 0.15) is 5.52 Å². The fourth-order valence-corrected chi connectivity index (χ4v) is 1.20. The van der Waals surface area contributed by atoms with Crippen molar-refractivity contribution in [3.05, 3.63) is 38.7 Å². The minimum Gasteiger partial charge on any atom is -0.267 e. The van der Waals surface area contributed by atoms with E-state index in [-0.39, 0.29) is 21.5 Å². The molecule has 0 unspecified atom stereocenters. The summed E-state index contributed by atoms with van der Waals surface area (Å²) in [5.41, 5.74) is -0.944. The molecule has 0 atom stereocenters. The molecule has 0 aliphatic rings. The van der Waals surface area contributed by atoms with Crippen LogP contribution in [0.2, 0.25) is 0 Å². The van der Waals surface area contributed by atoms with Gasteiger partial charge in [0.25, 0.3) is 11.2 Å². The molecular weight excluding hydrogens is 193 g/mol. The smallest absolute Gasteiger partial charge is 0.267 e. The van der Waals surface area contributed by atoms with Crippen molar-refractivity contribution in [2.75, 3.05) is 0 Å². The summed E-state index contributed by atoms with van der Waals surface area (Å²) in [5, 5.41) is 12.2. The first kappa shape index (κ1) is 8.42. The standard InChI is InChI=1S/C7H4FN3O3/c8-10-6-2-1-4(11(13)14)3-5(6)7(12)9-10/h1-3H,(H,9,12). The van der Waals surface area contributed by atoms with E-state index in [2.05, 4.69) is 0 Å². The van der Waals surface area contributed by atoms with Gasteiger partial charge in [-0.15, -0.1) is 4.90 Å². The number of aromatic amines is 1. The number of hydrogen-bond donors (Lipinski definition) is 1. The zero-order chi connectivity index (χ0) is 10.3. The van der Waals surface area contributed by atoms with E-state index >= 15 is 0 Å². The van der Waals surface area contributed by atoms with E-state index in [1.165, 1.54) is 6.07 Å². The normalized spacial score (nSPS) is 10.6. The molecular formula is C7H4FN3O3.